The fourth-order valence-electron chi connectivity index (χ4n) is 1.28. The first-order valence-corrected chi connectivity index (χ1v) is 5.42. The van der Waals surface area contributed by atoms with Gasteiger partial charge in [-0.05, 0) is 38.9 Å². The van der Waals surface area contributed by atoms with E-state index in [-0.39, 0.29) is 5.60 Å². The molecule has 0 atom stereocenters. The highest BCUT2D eigenvalue weighted by molar-refractivity contribution is 4.98. The van der Waals surface area contributed by atoms with Crippen LogP contribution in [0.4, 0.5) is 0 Å². The summed E-state index contributed by atoms with van der Waals surface area (Å²) >= 11 is 0. The Bertz CT molecular complexity index is 255. The lowest BCUT2D eigenvalue weighted by Gasteiger charge is -2.22. The molecular formula is C12H21NO2. The van der Waals surface area contributed by atoms with E-state index in [1.165, 1.54) is 0 Å². The monoisotopic (exact) mass is 211 g/mol. The van der Waals surface area contributed by atoms with Crippen LogP contribution in [0.3, 0.4) is 0 Å². The Hall–Kier alpha value is -0.800. The molecule has 0 unspecified atom stereocenters. The molecule has 0 bridgehead atoms. The third-order valence-corrected chi connectivity index (χ3v) is 2.58. The first-order valence-electron chi connectivity index (χ1n) is 5.42. The van der Waals surface area contributed by atoms with Crippen molar-refractivity contribution in [3.63, 3.8) is 0 Å². The third kappa shape index (κ3) is 5.00. The van der Waals surface area contributed by atoms with Crippen LogP contribution in [-0.2, 0) is 11.2 Å². The molecule has 0 aromatic carbocycles. The zero-order chi connectivity index (χ0) is 11.1. The maximum Gasteiger partial charge on any atom is 0.105 e. The molecule has 0 amide bonds. The van der Waals surface area contributed by atoms with Crippen LogP contribution in [0, 0.1) is 0 Å². The maximum absolute atomic E-state index is 5.33. The molecule has 3 nitrogen and oxygen atoms in total. The lowest BCUT2D eigenvalue weighted by Crippen LogP contribution is -2.29. The summed E-state index contributed by atoms with van der Waals surface area (Å²) in [4.78, 5) is 0. The molecule has 1 heterocycles. The number of hydrogen-bond acceptors (Lipinski definition) is 3. The maximum atomic E-state index is 5.33. The minimum atomic E-state index is -0.0301. The molecule has 0 saturated heterocycles. The van der Waals surface area contributed by atoms with Gasteiger partial charge in [0.25, 0.3) is 0 Å². The number of ether oxygens (including phenoxy) is 1. The Kier molecular flexibility index (Phi) is 4.85. The minimum absolute atomic E-state index is 0.0301. The minimum Gasteiger partial charge on any atom is -0.469 e. The van der Waals surface area contributed by atoms with Gasteiger partial charge in [0.1, 0.15) is 5.76 Å². The van der Waals surface area contributed by atoms with Crippen molar-refractivity contribution in [2.75, 3.05) is 20.2 Å². The van der Waals surface area contributed by atoms with Crippen molar-refractivity contribution >= 4 is 0 Å². The van der Waals surface area contributed by atoms with E-state index >= 15 is 0 Å². The second kappa shape index (κ2) is 5.93. The molecule has 15 heavy (non-hydrogen) atoms. The summed E-state index contributed by atoms with van der Waals surface area (Å²) in [6, 6.07) is 3.92. The van der Waals surface area contributed by atoms with Crippen molar-refractivity contribution in [3.05, 3.63) is 24.2 Å². The van der Waals surface area contributed by atoms with E-state index in [4.69, 9.17) is 9.15 Å². The highest BCUT2D eigenvalue weighted by Crippen LogP contribution is 2.11. The van der Waals surface area contributed by atoms with Crippen molar-refractivity contribution in [2.45, 2.75) is 32.3 Å². The predicted molar refractivity (Wildman–Crippen MR) is 61.0 cm³/mol. The predicted octanol–water partition coefficient (Wildman–Crippen LogP) is 2.23. The summed E-state index contributed by atoms with van der Waals surface area (Å²) in [5.41, 5.74) is -0.0301. The van der Waals surface area contributed by atoms with Crippen LogP contribution in [0.1, 0.15) is 26.0 Å². The lowest BCUT2D eigenvalue weighted by atomic mass is 10.1. The fourth-order valence-corrected chi connectivity index (χ4v) is 1.28. The molecule has 86 valence electrons. The topological polar surface area (TPSA) is 34.4 Å². The van der Waals surface area contributed by atoms with Crippen molar-refractivity contribution in [1.82, 2.24) is 5.32 Å². The first kappa shape index (κ1) is 12.3. The van der Waals surface area contributed by atoms with Gasteiger partial charge in [0.05, 0.1) is 11.9 Å². The van der Waals surface area contributed by atoms with Crippen molar-refractivity contribution in [2.24, 2.45) is 0 Å². The number of furan rings is 1. The van der Waals surface area contributed by atoms with Crippen molar-refractivity contribution in [1.29, 1.82) is 0 Å². The number of rotatable bonds is 7. The average molecular weight is 211 g/mol. The van der Waals surface area contributed by atoms with Gasteiger partial charge < -0.3 is 14.5 Å². The molecule has 0 radical (unpaired) electrons. The van der Waals surface area contributed by atoms with E-state index in [1.807, 2.05) is 12.1 Å². The molecule has 1 aromatic rings. The Morgan fingerprint density at radius 2 is 2.20 bits per heavy atom. The van der Waals surface area contributed by atoms with Crippen LogP contribution in [0.25, 0.3) is 0 Å². The van der Waals surface area contributed by atoms with E-state index in [1.54, 1.807) is 13.4 Å². The van der Waals surface area contributed by atoms with E-state index < -0.39 is 0 Å². The molecule has 0 aliphatic carbocycles. The highest BCUT2D eigenvalue weighted by Gasteiger charge is 2.14. The van der Waals surface area contributed by atoms with E-state index in [2.05, 4.69) is 19.2 Å². The Morgan fingerprint density at radius 3 is 2.80 bits per heavy atom. The highest BCUT2D eigenvalue weighted by atomic mass is 16.5. The normalized spacial score (nSPS) is 11.9. The molecule has 0 fully saturated rings. The molecule has 0 saturated carbocycles. The van der Waals surface area contributed by atoms with Gasteiger partial charge in [0.15, 0.2) is 0 Å². The first-order chi connectivity index (χ1) is 7.14. The Balaban J connectivity index is 2.03. The van der Waals surface area contributed by atoms with Crippen LogP contribution < -0.4 is 5.32 Å². The number of methoxy groups -OCH3 is 1. The van der Waals surface area contributed by atoms with Gasteiger partial charge in [-0.3, -0.25) is 0 Å². The van der Waals surface area contributed by atoms with Gasteiger partial charge in [0, 0.05) is 20.1 Å². The number of hydrogen-bond donors (Lipinski definition) is 1. The lowest BCUT2D eigenvalue weighted by molar-refractivity contribution is 0.0159. The zero-order valence-corrected chi connectivity index (χ0v) is 9.88. The van der Waals surface area contributed by atoms with Crippen LogP contribution >= 0.6 is 0 Å². The molecule has 1 rings (SSSR count). The second-order valence-electron chi connectivity index (χ2n) is 4.29. The van der Waals surface area contributed by atoms with Gasteiger partial charge in [0.2, 0.25) is 0 Å². The SMILES string of the molecule is COC(C)(C)CCNCCc1ccco1. The molecule has 0 aliphatic rings. The summed E-state index contributed by atoms with van der Waals surface area (Å²) in [7, 11) is 1.75. The van der Waals surface area contributed by atoms with Crippen molar-refractivity contribution < 1.29 is 9.15 Å². The second-order valence-corrected chi connectivity index (χ2v) is 4.29. The van der Waals surface area contributed by atoms with Crippen molar-refractivity contribution in [3.8, 4) is 0 Å². The molecule has 1 aromatic heterocycles. The fraction of sp³-hybridized carbons (Fsp3) is 0.667. The van der Waals surface area contributed by atoms with E-state index in [0.717, 1.165) is 31.7 Å². The largest absolute Gasteiger partial charge is 0.469 e. The molecule has 0 spiro atoms. The van der Waals surface area contributed by atoms with Crippen LogP contribution in [0.5, 0.6) is 0 Å². The summed E-state index contributed by atoms with van der Waals surface area (Å²) in [5, 5.41) is 3.37. The zero-order valence-electron chi connectivity index (χ0n) is 9.88. The quantitative estimate of drug-likeness (QED) is 0.702. The van der Waals surface area contributed by atoms with Gasteiger partial charge in [-0.15, -0.1) is 0 Å². The van der Waals surface area contributed by atoms with E-state index in [9.17, 15) is 0 Å². The number of nitrogens with one attached hydrogen (secondary N) is 1. The standard InChI is InChI=1S/C12H21NO2/c1-12(2,14-3)7-9-13-8-6-11-5-4-10-15-11/h4-5,10,13H,6-9H2,1-3H3. The van der Waals surface area contributed by atoms with Gasteiger partial charge >= 0.3 is 0 Å². The summed E-state index contributed by atoms with van der Waals surface area (Å²) < 4.78 is 10.6. The summed E-state index contributed by atoms with van der Waals surface area (Å²) in [6.07, 6.45) is 3.67. The van der Waals surface area contributed by atoms with Crippen LogP contribution in [0.15, 0.2) is 22.8 Å². The van der Waals surface area contributed by atoms with Crippen LogP contribution in [0.2, 0.25) is 0 Å². The summed E-state index contributed by atoms with van der Waals surface area (Å²) in [5.74, 6) is 1.04. The average Bonchev–Trinajstić information content (AvgIpc) is 2.70. The molecule has 0 aliphatic heterocycles. The van der Waals surface area contributed by atoms with Gasteiger partial charge in [-0.1, -0.05) is 0 Å². The Labute approximate surface area is 91.8 Å². The third-order valence-electron chi connectivity index (χ3n) is 2.58. The van der Waals surface area contributed by atoms with E-state index in [0.29, 0.717) is 0 Å². The van der Waals surface area contributed by atoms with Crippen LogP contribution in [-0.4, -0.2) is 25.8 Å². The molecular weight excluding hydrogens is 190 g/mol. The summed E-state index contributed by atoms with van der Waals surface area (Å²) in [6.45, 7) is 6.12. The molecule has 1 N–H and O–H groups in total. The van der Waals surface area contributed by atoms with Gasteiger partial charge in [-0.25, -0.2) is 0 Å². The smallest absolute Gasteiger partial charge is 0.105 e. The Morgan fingerprint density at radius 1 is 1.40 bits per heavy atom. The molecule has 3 heteroatoms. The van der Waals surface area contributed by atoms with Gasteiger partial charge in [-0.2, -0.15) is 0 Å².